The number of rotatable bonds is 5. The summed E-state index contributed by atoms with van der Waals surface area (Å²) in [6.07, 6.45) is 5.71. The Morgan fingerprint density at radius 1 is 1.21 bits per heavy atom. The first-order chi connectivity index (χ1) is 15.5. The van der Waals surface area contributed by atoms with Crippen molar-refractivity contribution < 1.29 is 9.18 Å². The predicted octanol–water partition coefficient (Wildman–Crippen LogP) is 2.31. The number of nitrogens with zero attached hydrogens (tertiary/aromatic N) is 6. The number of hydrogen-bond donors (Lipinski definition) is 1. The SMILES string of the molecule is CN=C(NCC1CCN(Cc2ccccc2F)CC1)N1CCN(c2cnn(C)c2)C(=O)C1.I. The van der Waals surface area contributed by atoms with Crippen LogP contribution in [0.25, 0.3) is 0 Å². The van der Waals surface area contributed by atoms with E-state index in [0.29, 0.717) is 25.6 Å². The third-order valence-corrected chi connectivity index (χ3v) is 6.34. The van der Waals surface area contributed by atoms with Crippen LogP contribution in [0.2, 0.25) is 0 Å². The maximum Gasteiger partial charge on any atom is 0.246 e. The van der Waals surface area contributed by atoms with E-state index in [1.165, 1.54) is 6.07 Å². The average molecular weight is 569 g/mol. The van der Waals surface area contributed by atoms with Gasteiger partial charge in [-0.05, 0) is 37.9 Å². The zero-order valence-electron chi connectivity index (χ0n) is 19.3. The quantitative estimate of drug-likeness (QED) is 0.340. The van der Waals surface area contributed by atoms with Crippen molar-refractivity contribution in [3.8, 4) is 0 Å². The molecule has 3 heterocycles. The number of aryl methyl sites for hydroxylation is 1. The van der Waals surface area contributed by atoms with E-state index in [2.05, 4.69) is 20.3 Å². The number of anilines is 1. The van der Waals surface area contributed by atoms with Gasteiger partial charge in [0.25, 0.3) is 0 Å². The van der Waals surface area contributed by atoms with Gasteiger partial charge in [0.05, 0.1) is 11.9 Å². The van der Waals surface area contributed by atoms with E-state index in [9.17, 15) is 9.18 Å². The first-order valence-corrected chi connectivity index (χ1v) is 11.2. The second kappa shape index (κ2) is 11.8. The number of aliphatic imine (C=N–C) groups is 1. The van der Waals surface area contributed by atoms with Gasteiger partial charge in [0.2, 0.25) is 5.91 Å². The highest BCUT2D eigenvalue weighted by molar-refractivity contribution is 14.0. The number of benzene rings is 1. The van der Waals surface area contributed by atoms with Crippen molar-refractivity contribution in [1.29, 1.82) is 0 Å². The van der Waals surface area contributed by atoms with Crippen LogP contribution in [0, 0.1) is 11.7 Å². The summed E-state index contributed by atoms with van der Waals surface area (Å²) in [4.78, 5) is 23.2. The number of carbonyl (C=O) groups is 1. The van der Waals surface area contributed by atoms with Gasteiger partial charge in [-0.3, -0.25) is 19.4 Å². The fraction of sp³-hybridized carbons (Fsp3) is 0.522. The second-order valence-corrected chi connectivity index (χ2v) is 8.58. The fourth-order valence-electron chi connectivity index (χ4n) is 4.46. The third kappa shape index (κ3) is 6.44. The maximum absolute atomic E-state index is 13.9. The van der Waals surface area contributed by atoms with Crippen molar-refractivity contribution in [2.45, 2.75) is 19.4 Å². The van der Waals surface area contributed by atoms with Crippen molar-refractivity contribution in [3.05, 3.63) is 48.0 Å². The lowest BCUT2D eigenvalue weighted by Gasteiger charge is -2.36. The summed E-state index contributed by atoms with van der Waals surface area (Å²) in [6, 6.07) is 7.01. The van der Waals surface area contributed by atoms with Crippen molar-refractivity contribution in [3.63, 3.8) is 0 Å². The molecule has 1 amide bonds. The molecular formula is C23H33FIN7O. The lowest BCUT2D eigenvalue weighted by Crippen LogP contribution is -2.56. The normalized spacial score (nSPS) is 18.4. The van der Waals surface area contributed by atoms with Crippen LogP contribution in [-0.4, -0.2) is 77.8 Å². The molecule has 0 radical (unpaired) electrons. The standard InChI is InChI=1S/C23H32FN7O.HI/c1-25-23(30-11-12-31(22(32)17-30)20-14-27-28(2)16-20)26-13-18-7-9-29(10-8-18)15-19-5-3-4-6-21(19)24;/h3-6,14,16,18H,7-13,15,17H2,1-2H3,(H,25,26);1H. The second-order valence-electron chi connectivity index (χ2n) is 8.58. The lowest BCUT2D eigenvalue weighted by molar-refractivity contribution is -0.120. The van der Waals surface area contributed by atoms with Crippen LogP contribution in [0.3, 0.4) is 0 Å². The average Bonchev–Trinajstić information content (AvgIpc) is 3.23. The molecule has 1 N–H and O–H groups in total. The van der Waals surface area contributed by atoms with Crippen LogP contribution in [0.5, 0.6) is 0 Å². The van der Waals surface area contributed by atoms with E-state index < -0.39 is 0 Å². The molecule has 0 atom stereocenters. The number of guanidine groups is 1. The van der Waals surface area contributed by atoms with Crippen LogP contribution in [-0.2, 0) is 18.4 Å². The predicted molar refractivity (Wildman–Crippen MR) is 138 cm³/mol. The molecule has 1 aromatic heterocycles. The van der Waals surface area contributed by atoms with Gasteiger partial charge < -0.3 is 15.1 Å². The summed E-state index contributed by atoms with van der Waals surface area (Å²) in [6.45, 7) is 5.05. The Morgan fingerprint density at radius 3 is 2.61 bits per heavy atom. The van der Waals surface area contributed by atoms with Crippen LogP contribution < -0.4 is 10.2 Å². The number of likely N-dealkylation sites (tertiary alicyclic amines) is 1. The number of hydrogen-bond acceptors (Lipinski definition) is 4. The van der Waals surface area contributed by atoms with Crippen molar-refractivity contribution >= 4 is 41.5 Å². The lowest BCUT2D eigenvalue weighted by atomic mass is 9.96. The van der Waals surface area contributed by atoms with Gasteiger partial charge in [0.15, 0.2) is 5.96 Å². The Hall–Kier alpha value is -2.21. The van der Waals surface area contributed by atoms with Crippen molar-refractivity contribution in [2.75, 3.05) is 51.2 Å². The summed E-state index contributed by atoms with van der Waals surface area (Å²) in [5, 5.41) is 7.63. The highest BCUT2D eigenvalue weighted by Crippen LogP contribution is 2.20. The third-order valence-electron chi connectivity index (χ3n) is 6.34. The zero-order valence-corrected chi connectivity index (χ0v) is 21.6. The molecule has 0 unspecified atom stereocenters. The van der Waals surface area contributed by atoms with E-state index in [1.54, 1.807) is 28.9 Å². The van der Waals surface area contributed by atoms with Crippen molar-refractivity contribution in [1.82, 2.24) is 24.9 Å². The van der Waals surface area contributed by atoms with Crippen LogP contribution >= 0.6 is 24.0 Å². The molecule has 1 aromatic carbocycles. The summed E-state index contributed by atoms with van der Waals surface area (Å²) in [5.74, 6) is 1.24. The Balaban J connectivity index is 0.00000306. The molecule has 2 saturated heterocycles. The van der Waals surface area contributed by atoms with Gasteiger partial charge in [-0.1, -0.05) is 18.2 Å². The van der Waals surface area contributed by atoms with Gasteiger partial charge in [-0.2, -0.15) is 5.10 Å². The number of nitrogens with one attached hydrogen (secondary N) is 1. The Kier molecular flexibility index (Phi) is 9.07. The van der Waals surface area contributed by atoms with E-state index in [-0.39, 0.29) is 35.7 Å². The van der Waals surface area contributed by atoms with E-state index in [1.807, 2.05) is 30.3 Å². The minimum Gasteiger partial charge on any atom is -0.356 e. The Morgan fingerprint density at radius 2 is 1.97 bits per heavy atom. The summed E-state index contributed by atoms with van der Waals surface area (Å²) < 4.78 is 15.6. The van der Waals surface area contributed by atoms with Gasteiger partial charge in [0.1, 0.15) is 12.4 Å². The molecule has 8 nitrogen and oxygen atoms in total. The zero-order chi connectivity index (χ0) is 22.5. The summed E-state index contributed by atoms with van der Waals surface area (Å²) in [5.41, 5.74) is 1.60. The Bertz CT molecular complexity index is 958. The topological polar surface area (TPSA) is 69.0 Å². The van der Waals surface area contributed by atoms with E-state index in [0.717, 1.165) is 56.2 Å². The molecule has 10 heteroatoms. The summed E-state index contributed by atoms with van der Waals surface area (Å²) >= 11 is 0. The molecule has 2 aliphatic heterocycles. The van der Waals surface area contributed by atoms with E-state index >= 15 is 0 Å². The monoisotopic (exact) mass is 569 g/mol. The van der Waals surface area contributed by atoms with Crippen LogP contribution in [0.15, 0.2) is 41.7 Å². The van der Waals surface area contributed by atoms with Crippen LogP contribution in [0.4, 0.5) is 10.1 Å². The molecule has 0 spiro atoms. The molecule has 0 aliphatic carbocycles. The fourth-order valence-corrected chi connectivity index (χ4v) is 4.46. The van der Waals surface area contributed by atoms with E-state index in [4.69, 9.17) is 0 Å². The number of carbonyl (C=O) groups excluding carboxylic acids is 1. The van der Waals surface area contributed by atoms with Crippen molar-refractivity contribution in [2.24, 2.45) is 18.0 Å². The number of piperidine rings is 1. The minimum atomic E-state index is -0.127. The molecule has 0 bridgehead atoms. The molecule has 4 rings (SSSR count). The first kappa shape index (κ1) is 25.4. The number of amides is 1. The molecule has 33 heavy (non-hydrogen) atoms. The molecule has 2 fully saturated rings. The number of aromatic nitrogens is 2. The number of halogens is 2. The summed E-state index contributed by atoms with van der Waals surface area (Å²) in [7, 11) is 3.61. The minimum absolute atomic E-state index is 0. The highest BCUT2D eigenvalue weighted by Gasteiger charge is 2.28. The Labute approximate surface area is 211 Å². The van der Waals surface area contributed by atoms with Crippen LogP contribution in [0.1, 0.15) is 18.4 Å². The van der Waals surface area contributed by atoms with Gasteiger partial charge >= 0.3 is 0 Å². The first-order valence-electron chi connectivity index (χ1n) is 11.2. The highest BCUT2D eigenvalue weighted by atomic mass is 127. The van der Waals surface area contributed by atoms with Gasteiger partial charge in [-0.25, -0.2) is 4.39 Å². The molecule has 2 aliphatic rings. The smallest absolute Gasteiger partial charge is 0.246 e. The number of piperazine rings is 1. The molecule has 180 valence electrons. The van der Waals surface area contributed by atoms with Gasteiger partial charge in [-0.15, -0.1) is 24.0 Å². The molecular weight excluding hydrogens is 536 g/mol. The molecule has 2 aromatic rings. The van der Waals surface area contributed by atoms with Gasteiger partial charge in [0, 0.05) is 52.0 Å². The molecule has 0 saturated carbocycles. The maximum atomic E-state index is 13.9. The largest absolute Gasteiger partial charge is 0.356 e.